The Labute approximate surface area is 270 Å². The highest BCUT2D eigenvalue weighted by Gasteiger charge is 2.70. The molecule has 0 spiro atoms. The second kappa shape index (κ2) is 10.7. The molecule has 246 valence electrons. The average molecular weight is 617 g/mol. The topological polar surface area (TPSA) is 84.5 Å². The molecular weight excluding hydrogens is 560 g/mol. The molecule has 9 atom stereocenters. The number of hydrogen-bond acceptors (Lipinski definition) is 4. The van der Waals surface area contributed by atoms with Gasteiger partial charge in [-0.2, -0.15) is 0 Å². The molecule has 9 unspecified atom stereocenters. The van der Waals surface area contributed by atoms with Crippen molar-refractivity contribution in [2.24, 2.45) is 44.8 Å². The van der Waals surface area contributed by atoms with Crippen molar-refractivity contribution in [2.75, 3.05) is 0 Å². The van der Waals surface area contributed by atoms with Crippen LogP contribution in [-0.2, 0) is 20.9 Å². The number of urea groups is 1. The standard InChI is InChI=1S/C39H56N2O4/c1-25(42)45-31-15-16-37(6)30(34(31,2)3)14-17-39(8)32(37)29(43)22-27-28-23-36(5,20-18-35(28,4)19-21-38(27,39)7)41-33(44)40-24-26-12-10-9-11-13-26/h9-13,22,28,30-32H,14-21,23-24H2,1-8H3,(H2,40,41,44). The van der Waals surface area contributed by atoms with Gasteiger partial charge in [-0.3, -0.25) is 9.59 Å². The van der Waals surface area contributed by atoms with Crippen LogP contribution < -0.4 is 10.6 Å². The van der Waals surface area contributed by atoms with Gasteiger partial charge in [-0.25, -0.2) is 4.79 Å². The maximum Gasteiger partial charge on any atom is 0.315 e. The first-order chi connectivity index (χ1) is 21.0. The third-order valence-corrected chi connectivity index (χ3v) is 14.5. The summed E-state index contributed by atoms with van der Waals surface area (Å²) in [6.45, 7) is 18.5. The molecule has 0 bridgehead atoms. The van der Waals surface area contributed by atoms with Crippen molar-refractivity contribution in [3.8, 4) is 0 Å². The van der Waals surface area contributed by atoms with E-state index in [9.17, 15) is 14.4 Å². The van der Waals surface area contributed by atoms with Crippen molar-refractivity contribution in [1.29, 1.82) is 0 Å². The fourth-order valence-electron chi connectivity index (χ4n) is 11.8. The van der Waals surface area contributed by atoms with E-state index in [2.05, 4.69) is 65.2 Å². The predicted octanol–water partition coefficient (Wildman–Crippen LogP) is 8.15. The lowest BCUT2D eigenvalue weighted by atomic mass is 9.33. The average Bonchev–Trinajstić information content (AvgIpc) is 2.96. The van der Waals surface area contributed by atoms with Crippen LogP contribution >= 0.6 is 0 Å². The Kier molecular flexibility index (Phi) is 7.69. The van der Waals surface area contributed by atoms with E-state index in [1.165, 1.54) is 12.5 Å². The Morgan fingerprint density at radius 2 is 1.58 bits per heavy atom. The Morgan fingerprint density at radius 1 is 0.889 bits per heavy atom. The molecule has 0 saturated heterocycles. The second-order valence-corrected chi connectivity index (χ2v) is 17.5. The van der Waals surface area contributed by atoms with E-state index in [-0.39, 0.29) is 62.6 Å². The minimum atomic E-state index is -0.340. The predicted molar refractivity (Wildman–Crippen MR) is 177 cm³/mol. The van der Waals surface area contributed by atoms with E-state index >= 15 is 0 Å². The summed E-state index contributed by atoms with van der Waals surface area (Å²) in [6.07, 6.45) is 10.9. The Bertz CT molecular complexity index is 1400. The van der Waals surface area contributed by atoms with Crippen LogP contribution in [0.15, 0.2) is 42.0 Å². The molecule has 0 heterocycles. The zero-order valence-electron chi connectivity index (χ0n) is 29.0. The van der Waals surface area contributed by atoms with Crippen molar-refractivity contribution in [3.63, 3.8) is 0 Å². The van der Waals surface area contributed by atoms with Gasteiger partial charge in [-0.15, -0.1) is 0 Å². The lowest BCUT2D eigenvalue weighted by molar-refractivity contribution is -0.210. The van der Waals surface area contributed by atoms with E-state index in [0.717, 1.165) is 63.4 Å². The van der Waals surface area contributed by atoms with Crippen molar-refractivity contribution in [2.45, 2.75) is 131 Å². The summed E-state index contributed by atoms with van der Waals surface area (Å²) in [7, 11) is 0. The number of carbonyl (C=O) groups excluding carboxylic acids is 3. The number of ketones is 1. The van der Waals surface area contributed by atoms with Crippen molar-refractivity contribution >= 4 is 17.8 Å². The number of rotatable bonds is 4. The Balaban J connectivity index is 1.28. The van der Waals surface area contributed by atoms with Gasteiger partial charge >= 0.3 is 12.0 Å². The number of benzene rings is 1. The van der Waals surface area contributed by atoms with Crippen LogP contribution in [0.3, 0.4) is 0 Å². The number of nitrogens with one attached hydrogen (secondary N) is 2. The Morgan fingerprint density at radius 3 is 2.27 bits per heavy atom. The molecule has 0 aliphatic heterocycles. The van der Waals surface area contributed by atoms with Crippen LogP contribution in [0.1, 0.15) is 119 Å². The van der Waals surface area contributed by atoms with Crippen LogP contribution in [0.2, 0.25) is 0 Å². The number of allylic oxidation sites excluding steroid dienone is 2. The molecule has 5 aliphatic rings. The molecule has 1 aromatic rings. The zero-order chi connectivity index (χ0) is 32.6. The summed E-state index contributed by atoms with van der Waals surface area (Å²) in [6, 6.07) is 9.89. The third-order valence-electron chi connectivity index (χ3n) is 14.5. The second-order valence-electron chi connectivity index (χ2n) is 17.5. The molecule has 0 radical (unpaired) electrons. The van der Waals surface area contributed by atoms with Gasteiger partial charge in [0.1, 0.15) is 6.10 Å². The van der Waals surface area contributed by atoms with Crippen LogP contribution in [0.4, 0.5) is 4.79 Å². The number of esters is 1. The molecule has 5 aliphatic carbocycles. The fraction of sp³-hybridized carbons (Fsp3) is 0.718. The van der Waals surface area contributed by atoms with Crippen molar-refractivity contribution in [1.82, 2.24) is 10.6 Å². The summed E-state index contributed by atoms with van der Waals surface area (Å²) in [5.41, 5.74) is 1.68. The number of hydrogen-bond donors (Lipinski definition) is 2. The lowest BCUT2D eigenvalue weighted by Gasteiger charge is -2.70. The molecule has 1 aromatic carbocycles. The largest absolute Gasteiger partial charge is 0.462 e. The molecule has 6 heteroatoms. The van der Waals surface area contributed by atoms with Crippen molar-refractivity contribution in [3.05, 3.63) is 47.5 Å². The van der Waals surface area contributed by atoms with Crippen LogP contribution in [0.5, 0.6) is 0 Å². The van der Waals surface area contributed by atoms with Gasteiger partial charge in [-0.05, 0) is 110 Å². The van der Waals surface area contributed by atoms with E-state index in [1.807, 2.05) is 30.3 Å². The van der Waals surface area contributed by atoms with Gasteiger partial charge < -0.3 is 15.4 Å². The molecule has 2 N–H and O–H groups in total. The van der Waals surface area contributed by atoms with E-state index in [4.69, 9.17) is 4.74 Å². The molecular formula is C39H56N2O4. The first kappa shape index (κ1) is 32.3. The number of fused-ring (bicyclic) bond motifs is 7. The summed E-state index contributed by atoms with van der Waals surface area (Å²) in [5.74, 6) is 0.626. The highest BCUT2D eigenvalue weighted by Crippen LogP contribution is 2.74. The zero-order valence-corrected chi connectivity index (χ0v) is 29.0. The van der Waals surface area contributed by atoms with Crippen LogP contribution in [0, 0.1) is 44.8 Å². The summed E-state index contributed by atoms with van der Waals surface area (Å²) >= 11 is 0. The normalized spacial score (nSPS) is 43.4. The van der Waals surface area contributed by atoms with E-state index in [0.29, 0.717) is 18.2 Å². The molecule has 4 fully saturated rings. The van der Waals surface area contributed by atoms with E-state index < -0.39 is 0 Å². The Hall–Kier alpha value is -2.63. The van der Waals surface area contributed by atoms with Gasteiger partial charge in [0.25, 0.3) is 0 Å². The lowest BCUT2D eigenvalue weighted by Crippen LogP contribution is -2.67. The summed E-state index contributed by atoms with van der Waals surface area (Å²) in [5, 5.41) is 6.44. The summed E-state index contributed by atoms with van der Waals surface area (Å²) < 4.78 is 5.88. The minimum Gasteiger partial charge on any atom is -0.462 e. The van der Waals surface area contributed by atoms with Crippen LogP contribution in [-0.4, -0.2) is 29.4 Å². The third kappa shape index (κ3) is 4.99. The van der Waals surface area contributed by atoms with Gasteiger partial charge in [0.05, 0.1) is 0 Å². The van der Waals surface area contributed by atoms with Gasteiger partial charge in [0.2, 0.25) is 0 Å². The first-order valence-electron chi connectivity index (χ1n) is 17.5. The number of carbonyl (C=O) groups is 3. The van der Waals surface area contributed by atoms with Gasteiger partial charge in [-0.1, -0.05) is 77.4 Å². The molecule has 0 aromatic heterocycles. The van der Waals surface area contributed by atoms with Crippen molar-refractivity contribution < 1.29 is 19.1 Å². The molecule has 2 amide bonds. The smallest absolute Gasteiger partial charge is 0.315 e. The monoisotopic (exact) mass is 616 g/mol. The minimum absolute atomic E-state index is 0.0451. The maximum absolute atomic E-state index is 14.7. The molecule has 4 saturated carbocycles. The fourth-order valence-corrected chi connectivity index (χ4v) is 11.8. The molecule has 45 heavy (non-hydrogen) atoms. The molecule has 6 rings (SSSR count). The quantitative estimate of drug-likeness (QED) is 0.335. The van der Waals surface area contributed by atoms with Gasteiger partial charge in [0, 0.05) is 30.3 Å². The van der Waals surface area contributed by atoms with Gasteiger partial charge in [0.15, 0.2) is 5.78 Å². The summed E-state index contributed by atoms with van der Waals surface area (Å²) in [4.78, 5) is 39.8. The number of amides is 2. The SMILES string of the molecule is CC(=O)OC1CCC2(C)C(CCC3(C)C2C(=O)C=C2C4CC(C)(NC(=O)NCc5ccccc5)CCC4(C)CCC23C)C1(C)C. The van der Waals surface area contributed by atoms with E-state index in [1.54, 1.807) is 0 Å². The highest BCUT2D eigenvalue weighted by atomic mass is 16.5. The highest BCUT2D eigenvalue weighted by molar-refractivity contribution is 5.95. The van der Waals surface area contributed by atoms with Crippen LogP contribution in [0.25, 0.3) is 0 Å². The maximum atomic E-state index is 14.7. The first-order valence-corrected chi connectivity index (χ1v) is 17.5. The number of ether oxygens (including phenoxy) is 1. The molecule has 6 nitrogen and oxygen atoms in total.